The molecule has 20 heavy (non-hydrogen) atoms. The zero-order chi connectivity index (χ0) is 13.4. The van der Waals surface area contributed by atoms with Crippen molar-refractivity contribution < 1.29 is 0 Å². The molecule has 2 aromatic heterocycles. The van der Waals surface area contributed by atoms with Crippen LogP contribution in [0.25, 0.3) is 32.8 Å². The van der Waals surface area contributed by atoms with Crippen LogP contribution in [0.2, 0.25) is 0 Å². The number of rotatable bonds is 1. The highest BCUT2D eigenvalue weighted by atomic mass is 14.7. The SMILES string of the molecule is [c]1cccc2ccnc(-c3ccc4ccncc4c3)c12. The lowest BCUT2D eigenvalue weighted by atomic mass is 10.0. The van der Waals surface area contributed by atoms with Crippen LogP contribution in [0.15, 0.2) is 67.1 Å². The Morgan fingerprint density at radius 2 is 1.80 bits per heavy atom. The summed E-state index contributed by atoms with van der Waals surface area (Å²) < 4.78 is 0. The normalized spacial score (nSPS) is 11.0. The van der Waals surface area contributed by atoms with Gasteiger partial charge >= 0.3 is 0 Å². The van der Waals surface area contributed by atoms with E-state index in [9.17, 15) is 0 Å². The number of aromatic nitrogens is 2. The summed E-state index contributed by atoms with van der Waals surface area (Å²) in [5.41, 5.74) is 2.06. The second kappa shape index (κ2) is 4.42. The van der Waals surface area contributed by atoms with E-state index < -0.39 is 0 Å². The number of nitrogens with zero attached hydrogens (tertiary/aromatic N) is 2. The number of benzene rings is 2. The smallest absolute Gasteiger partial charge is 0.0786 e. The Labute approximate surface area is 116 Å². The Kier molecular flexibility index (Phi) is 2.46. The Morgan fingerprint density at radius 3 is 2.80 bits per heavy atom. The summed E-state index contributed by atoms with van der Waals surface area (Å²) in [5.74, 6) is 0. The minimum Gasteiger partial charge on any atom is -0.264 e. The highest BCUT2D eigenvalue weighted by Gasteiger charge is 2.05. The predicted molar refractivity (Wildman–Crippen MR) is 81.3 cm³/mol. The fourth-order valence-corrected chi connectivity index (χ4v) is 2.50. The fourth-order valence-electron chi connectivity index (χ4n) is 2.50. The zero-order valence-corrected chi connectivity index (χ0v) is 10.7. The molecule has 0 aliphatic rings. The van der Waals surface area contributed by atoms with Crippen LogP contribution in [0.3, 0.4) is 0 Å². The van der Waals surface area contributed by atoms with Crippen molar-refractivity contribution >= 4 is 21.5 Å². The average Bonchev–Trinajstić information content (AvgIpc) is 2.54. The van der Waals surface area contributed by atoms with Gasteiger partial charge in [-0.25, -0.2) is 0 Å². The molecule has 2 nitrogen and oxygen atoms in total. The summed E-state index contributed by atoms with van der Waals surface area (Å²) in [5, 5.41) is 4.52. The Bertz CT molecular complexity index is 908. The molecule has 0 atom stereocenters. The number of hydrogen-bond acceptors (Lipinski definition) is 2. The molecule has 4 aromatic rings. The van der Waals surface area contributed by atoms with Gasteiger partial charge < -0.3 is 0 Å². The standard InChI is InChI=1S/C18H11N2/c1-2-4-17-14(3-1)8-10-20-18(17)15-6-5-13-7-9-19-12-16(13)11-15/h1-3,5-12H. The molecule has 0 spiro atoms. The molecule has 93 valence electrons. The van der Waals surface area contributed by atoms with Crippen LogP contribution in [-0.4, -0.2) is 9.97 Å². The van der Waals surface area contributed by atoms with Crippen molar-refractivity contribution in [2.75, 3.05) is 0 Å². The van der Waals surface area contributed by atoms with Crippen LogP contribution in [0.1, 0.15) is 0 Å². The third-order valence-electron chi connectivity index (χ3n) is 3.50. The van der Waals surface area contributed by atoms with Crippen molar-refractivity contribution in [2.45, 2.75) is 0 Å². The predicted octanol–water partition coefficient (Wildman–Crippen LogP) is 4.25. The summed E-state index contributed by atoms with van der Waals surface area (Å²) in [6.45, 7) is 0. The highest BCUT2D eigenvalue weighted by molar-refractivity contribution is 5.96. The molecule has 0 unspecified atom stereocenters. The van der Waals surface area contributed by atoms with Crippen LogP contribution < -0.4 is 0 Å². The lowest BCUT2D eigenvalue weighted by molar-refractivity contribution is 1.35. The maximum absolute atomic E-state index is 4.53. The average molecular weight is 255 g/mol. The first-order valence-electron chi connectivity index (χ1n) is 6.51. The first-order chi connectivity index (χ1) is 9.92. The summed E-state index contributed by atoms with van der Waals surface area (Å²) >= 11 is 0. The third-order valence-corrected chi connectivity index (χ3v) is 3.50. The van der Waals surface area contributed by atoms with Gasteiger partial charge in [-0.15, -0.1) is 0 Å². The summed E-state index contributed by atoms with van der Waals surface area (Å²) in [7, 11) is 0. The molecule has 2 heterocycles. The lowest BCUT2D eigenvalue weighted by Crippen LogP contribution is -1.86. The van der Waals surface area contributed by atoms with E-state index in [2.05, 4.69) is 40.3 Å². The van der Waals surface area contributed by atoms with Gasteiger partial charge in [0.1, 0.15) is 0 Å². The molecular formula is C18H11N2. The Balaban J connectivity index is 2.01. The molecule has 4 rings (SSSR count). The third kappa shape index (κ3) is 1.74. The molecule has 0 aliphatic carbocycles. The first kappa shape index (κ1) is 11.1. The van der Waals surface area contributed by atoms with E-state index in [0.717, 1.165) is 27.4 Å². The molecule has 2 heteroatoms. The van der Waals surface area contributed by atoms with Gasteiger partial charge in [0.25, 0.3) is 0 Å². The van der Waals surface area contributed by atoms with Gasteiger partial charge in [-0.2, -0.15) is 0 Å². The molecule has 0 bridgehead atoms. The van der Waals surface area contributed by atoms with E-state index in [1.54, 1.807) is 0 Å². The van der Waals surface area contributed by atoms with Gasteiger partial charge in [-0.3, -0.25) is 9.97 Å². The van der Waals surface area contributed by atoms with Gasteiger partial charge in [0.2, 0.25) is 0 Å². The summed E-state index contributed by atoms with van der Waals surface area (Å²) in [6.07, 6.45) is 5.54. The Hall–Kier alpha value is -2.74. The first-order valence-corrected chi connectivity index (χ1v) is 6.51. The minimum atomic E-state index is 0.967. The molecule has 0 fully saturated rings. The molecule has 1 radical (unpaired) electrons. The van der Waals surface area contributed by atoms with E-state index in [-0.39, 0.29) is 0 Å². The van der Waals surface area contributed by atoms with Crippen molar-refractivity contribution in [3.63, 3.8) is 0 Å². The lowest BCUT2D eigenvalue weighted by Gasteiger charge is -2.06. The number of fused-ring (bicyclic) bond motifs is 2. The second-order valence-corrected chi connectivity index (χ2v) is 4.73. The van der Waals surface area contributed by atoms with E-state index in [1.165, 1.54) is 5.39 Å². The second-order valence-electron chi connectivity index (χ2n) is 4.73. The van der Waals surface area contributed by atoms with E-state index in [1.807, 2.05) is 42.9 Å². The van der Waals surface area contributed by atoms with E-state index in [0.29, 0.717) is 0 Å². The quantitative estimate of drug-likeness (QED) is 0.508. The fraction of sp³-hybridized carbons (Fsp3) is 0. The van der Waals surface area contributed by atoms with Crippen molar-refractivity contribution in [1.82, 2.24) is 9.97 Å². The van der Waals surface area contributed by atoms with Crippen molar-refractivity contribution in [3.8, 4) is 11.3 Å². The molecular weight excluding hydrogens is 244 g/mol. The monoisotopic (exact) mass is 255 g/mol. The van der Waals surface area contributed by atoms with Crippen LogP contribution in [0.5, 0.6) is 0 Å². The largest absolute Gasteiger partial charge is 0.264 e. The molecule has 0 N–H and O–H groups in total. The minimum absolute atomic E-state index is 0.967. The van der Waals surface area contributed by atoms with Crippen molar-refractivity contribution in [1.29, 1.82) is 0 Å². The maximum Gasteiger partial charge on any atom is 0.0786 e. The van der Waals surface area contributed by atoms with Crippen molar-refractivity contribution in [3.05, 3.63) is 73.2 Å². The highest BCUT2D eigenvalue weighted by Crippen LogP contribution is 2.28. The zero-order valence-electron chi connectivity index (χ0n) is 10.7. The summed E-state index contributed by atoms with van der Waals surface area (Å²) in [4.78, 5) is 8.71. The molecule has 0 aliphatic heterocycles. The van der Waals surface area contributed by atoms with E-state index >= 15 is 0 Å². The molecule has 0 saturated carbocycles. The molecule has 0 amide bonds. The number of hydrogen-bond donors (Lipinski definition) is 0. The molecule has 0 saturated heterocycles. The molecule has 2 aromatic carbocycles. The Morgan fingerprint density at radius 1 is 0.850 bits per heavy atom. The maximum atomic E-state index is 4.53. The van der Waals surface area contributed by atoms with Crippen molar-refractivity contribution in [2.24, 2.45) is 0 Å². The van der Waals surface area contributed by atoms with Gasteiger partial charge in [-0.1, -0.05) is 30.3 Å². The van der Waals surface area contributed by atoms with Gasteiger partial charge in [0.05, 0.1) is 5.69 Å². The van der Waals surface area contributed by atoms with Gasteiger partial charge in [-0.05, 0) is 35.0 Å². The van der Waals surface area contributed by atoms with E-state index in [4.69, 9.17) is 0 Å². The number of pyridine rings is 2. The topological polar surface area (TPSA) is 25.8 Å². The van der Waals surface area contributed by atoms with Crippen LogP contribution in [0, 0.1) is 6.07 Å². The van der Waals surface area contributed by atoms with Crippen LogP contribution in [0.4, 0.5) is 0 Å². The van der Waals surface area contributed by atoms with Gasteiger partial charge in [0.15, 0.2) is 0 Å². The van der Waals surface area contributed by atoms with Crippen LogP contribution >= 0.6 is 0 Å². The van der Waals surface area contributed by atoms with Crippen LogP contribution in [-0.2, 0) is 0 Å². The summed E-state index contributed by atoms with van der Waals surface area (Å²) in [6, 6.07) is 19.7. The van der Waals surface area contributed by atoms with Gasteiger partial charge in [0, 0.05) is 34.9 Å².